The van der Waals surface area contributed by atoms with E-state index in [2.05, 4.69) is 32.1 Å². The fourth-order valence-electron chi connectivity index (χ4n) is 3.79. The molecule has 1 atom stereocenters. The van der Waals surface area contributed by atoms with E-state index in [-0.39, 0.29) is 5.97 Å². The third-order valence-corrected chi connectivity index (χ3v) is 5.41. The van der Waals surface area contributed by atoms with E-state index >= 15 is 0 Å². The average molecular weight is 357 g/mol. The molecule has 1 aliphatic rings. The molecule has 2 nitrogen and oxygen atoms in total. The maximum absolute atomic E-state index is 12.0. The molecular formula is C24H36O2. The molecule has 26 heavy (non-hydrogen) atoms. The Bertz CT molecular complexity index is 556. The molecule has 0 radical (unpaired) electrons. The molecule has 0 saturated carbocycles. The summed E-state index contributed by atoms with van der Waals surface area (Å²) >= 11 is 0. The van der Waals surface area contributed by atoms with Crippen LogP contribution in [0.3, 0.4) is 0 Å². The van der Waals surface area contributed by atoms with Gasteiger partial charge in [-0.1, -0.05) is 77.0 Å². The van der Waals surface area contributed by atoms with Crippen molar-refractivity contribution in [1.82, 2.24) is 0 Å². The Morgan fingerprint density at radius 3 is 2.38 bits per heavy atom. The fraction of sp³-hybridized carbons (Fsp3) is 0.625. The van der Waals surface area contributed by atoms with Gasteiger partial charge in [0.2, 0.25) is 0 Å². The van der Waals surface area contributed by atoms with E-state index in [4.69, 9.17) is 4.74 Å². The van der Waals surface area contributed by atoms with Crippen molar-refractivity contribution < 1.29 is 9.53 Å². The molecule has 1 aromatic rings. The van der Waals surface area contributed by atoms with Crippen LogP contribution in [0, 0.1) is 5.92 Å². The fourth-order valence-corrected chi connectivity index (χ4v) is 3.79. The lowest BCUT2D eigenvalue weighted by Gasteiger charge is -2.21. The maximum Gasteiger partial charge on any atom is 0.311 e. The number of carbonyl (C=O) groups excluding carboxylic acids is 1. The predicted octanol–water partition coefficient (Wildman–Crippen LogP) is 7.33. The zero-order chi connectivity index (χ0) is 18.6. The SMILES string of the molecule is CCCCCCCCC(=O)Oc1ccc(C2=CCC(CCC)CC2)cc1. The van der Waals surface area contributed by atoms with Crippen LogP contribution >= 0.6 is 0 Å². The smallest absolute Gasteiger partial charge is 0.311 e. The molecule has 2 heteroatoms. The van der Waals surface area contributed by atoms with Gasteiger partial charge in [0.15, 0.2) is 0 Å². The van der Waals surface area contributed by atoms with Gasteiger partial charge in [-0.25, -0.2) is 0 Å². The third kappa shape index (κ3) is 7.35. The second kappa shape index (κ2) is 11.9. The molecule has 2 rings (SSSR count). The van der Waals surface area contributed by atoms with Crippen molar-refractivity contribution in [3.63, 3.8) is 0 Å². The van der Waals surface area contributed by atoms with E-state index < -0.39 is 0 Å². The van der Waals surface area contributed by atoms with Crippen LogP contribution in [0.4, 0.5) is 0 Å². The first-order chi connectivity index (χ1) is 12.7. The van der Waals surface area contributed by atoms with Crippen LogP contribution in [0.15, 0.2) is 30.3 Å². The lowest BCUT2D eigenvalue weighted by Crippen LogP contribution is -2.07. The molecule has 0 aromatic heterocycles. The van der Waals surface area contributed by atoms with Crippen LogP contribution in [-0.2, 0) is 4.79 Å². The summed E-state index contributed by atoms with van der Waals surface area (Å²) in [6.07, 6.45) is 16.4. The summed E-state index contributed by atoms with van der Waals surface area (Å²) in [5.74, 6) is 1.43. The Kier molecular flexibility index (Phi) is 9.52. The Labute approximate surface area is 160 Å². The summed E-state index contributed by atoms with van der Waals surface area (Å²) in [7, 11) is 0. The van der Waals surface area contributed by atoms with Crippen LogP contribution in [0.5, 0.6) is 5.75 Å². The van der Waals surface area contributed by atoms with Crippen molar-refractivity contribution in [2.24, 2.45) is 5.92 Å². The third-order valence-electron chi connectivity index (χ3n) is 5.41. The number of hydrogen-bond donors (Lipinski definition) is 0. The second-order valence-electron chi connectivity index (χ2n) is 7.67. The lowest BCUT2D eigenvalue weighted by atomic mass is 9.84. The van der Waals surface area contributed by atoms with Crippen LogP contribution in [-0.4, -0.2) is 5.97 Å². The second-order valence-corrected chi connectivity index (χ2v) is 7.67. The Hall–Kier alpha value is -1.57. The Morgan fingerprint density at radius 2 is 1.73 bits per heavy atom. The molecule has 0 aliphatic heterocycles. The molecule has 0 bridgehead atoms. The highest BCUT2D eigenvalue weighted by Crippen LogP contribution is 2.32. The lowest BCUT2D eigenvalue weighted by molar-refractivity contribution is -0.134. The van der Waals surface area contributed by atoms with Crippen molar-refractivity contribution >= 4 is 11.5 Å². The molecule has 144 valence electrons. The first-order valence-corrected chi connectivity index (χ1v) is 10.7. The number of hydrogen-bond acceptors (Lipinski definition) is 2. The molecule has 0 N–H and O–H groups in total. The van der Waals surface area contributed by atoms with Gasteiger partial charge in [0.25, 0.3) is 0 Å². The van der Waals surface area contributed by atoms with Gasteiger partial charge in [-0.05, 0) is 54.9 Å². The number of benzene rings is 1. The van der Waals surface area contributed by atoms with Crippen molar-refractivity contribution in [1.29, 1.82) is 0 Å². The molecule has 1 aromatic carbocycles. The predicted molar refractivity (Wildman–Crippen MR) is 110 cm³/mol. The normalized spacial score (nSPS) is 17.0. The Balaban J connectivity index is 1.73. The highest BCUT2D eigenvalue weighted by atomic mass is 16.5. The minimum absolute atomic E-state index is 0.104. The highest BCUT2D eigenvalue weighted by molar-refractivity contribution is 5.73. The summed E-state index contributed by atoms with van der Waals surface area (Å²) in [5.41, 5.74) is 2.72. The maximum atomic E-state index is 12.0. The minimum atomic E-state index is -0.104. The first kappa shape index (κ1) is 20.7. The average Bonchev–Trinajstić information content (AvgIpc) is 2.66. The van der Waals surface area contributed by atoms with E-state index in [0.717, 1.165) is 18.8 Å². The molecule has 1 unspecified atom stereocenters. The van der Waals surface area contributed by atoms with Crippen LogP contribution in [0.2, 0.25) is 0 Å². The minimum Gasteiger partial charge on any atom is -0.427 e. The molecule has 0 spiro atoms. The van der Waals surface area contributed by atoms with Gasteiger partial charge in [-0.2, -0.15) is 0 Å². The van der Waals surface area contributed by atoms with Gasteiger partial charge in [0, 0.05) is 6.42 Å². The summed E-state index contributed by atoms with van der Waals surface area (Å²) in [6.45, 7) is 4.49. The number of allylic oxidation sites excluding steroid dienone is 2. The van der Waals surface area contributed by atoms with E-state index in [1.165, 1.54) is 68.9 Å². The van der Waals surface area contributed by atoms with Gasteiger partial charge >= 0.3 is 5.97 Å². The topological polar surface area (TPSA) is 26.3 Å². The van der Waals surface area contributed by atoms with Crippen LogP contribution < -0.4 is 4.74 Å². The summed E-state index contributed by atoms with van der Waals surface area (Å²) in [5, 5.41) is 0. The van der Waals surface area contributed by atoms with Crippen molar-refractivity contribution in [2.75, 3.05) is 0 Å². The van der Waals surface area contributed by atoms with Crippen molar-refractivity contribution in [3.8, 4) is 5.75 Å². The number of ether oxygens (including phenoxy) is 1. The van der Waals surface area contributed by atoms with Crippen molar-refractivity contribution in [3.05, 3.63) is 35.9 Å². The number of unbranched alkanes of at least 4 members (excludes halogenated alkanes) is 5. The van der Waals surface area contributed by atoms with E-state index in [9.17, 15) is 4.79 Å². The molecule has 0 amide bonds. The summed E-state index contributed by atoms with van der Waals surface area (Å²) in [6, 6.07) is 8.07. The van der Waals surface area contributed by atoms with Gasteiger partial charge < -0.3 is 4.74 Å². The molecule has 1 aliphatic carbocycles. The van der Waals surface area contributed by atoms with E-state index in [1.807, 2.05) is 12.1 Å². The molecule has 0 fully saturated rings. The van der Waals surface area contributed by atoms with Crippen LogP contribution in [0.1, 0.15) is 96.5 Å². The zero-order valence-corrected chi connectivity index (χ0v) is 16.8. The van der Waals surface area contributed by atoms with Gasteiger partial charge in [0.05, 0.1) is 0 Å². The van der Waals surface area contributed by atoms with E-state index in [0.29, 0.717) is 12.2 Å². The number of rotatable bonds is 11. The Morgan fingerprint density at radius 1 is 1.00 bits per heavy atom. The monoisotopic (exact) mass is 356 g/mol. The highest BCUT2D eigenvalue weighted by Gasteiger charge is 2.14. The summed E-state index contributed by atoms with van der Waals surface area (Å²) < 4.78 is 5.48. The number of carbonyl (C=O) groups is 1. The summed E-state index contributed by atoms with van der Waals surface area (Å²) in [4.78, 5) is 12.0. The van der Waals surface area contributed by atoms with Gasteiger partial charge in [-0.3, -0.25) is 4.79 Å². The quantitative estimate of drug-likeness (QED) is 0.236. The van der Waals surface area contributed by atoms with Crippen molar-refractivity contribution in [2.45, 2.75) is 90.9 Å². The van der Waals surface area contributed by atoms with Gasteiger partial charge in [0.1, 0.15) is 5.75 Å². The number of esters is 1. The zero-order valence-electron chi connectivity index (χ0n) is 16.8. The van der Waals surface area contributed by atoms with E-state index in [1.54, 1.807) is 0 Å². The largest absolute Gasteiger partial charge is 0.427 e. The first-order valence-electron chi connectivity index (χ1n) is 10.7. The molecular weight excluding hydrogens is 320 g/mol. The standard InChI is InChI=1S/C24H36O2/c1-3-5-6-7-8-9-11-24(25)26-23-18-16-22(17-19-23)21-14-12-20(10-4-2)13-15-21/h14,16-20H,3-13,15H2,1-2H3. The molecule has 0 heterocycles. The van der Waals surface area contributed by atoms with Crippen LogP contribution in [0.25, 0.3) is 5.57 Å². The van der Waals surface area contributed by atoms with Gasteiger partial charge in [-0.15, -0.1) is 0 Å². The molecule has 0 saturated heterocycles.